The smallest absolute Gasteiger partial charge is 0.171 e. The Morgan fingerprint density at radius 3 is 2.48 bits per heavy atom. The molecule has 2 N–H and O–H groups in total. The van der Waals surface area contributed by atoms with E-state index in [9.17, 15) is 0 Å². The SMILES string of the molecule is CCOc1ccccc1NC(=S)N[C@H](C)c1ccc(N2CCCCC2)cc1. The lowest BCUT2D eigenvalue weighted by molar-refractivity contribution is 0.342. The minimum Gasteiger partial charge on any atom is -0.492 e. The molecule has 0 aromatic heterocycles. The number of para-hydroxylation sites is 2. The van der Waals surface area contributed by atoms with Crippen molar-refractivity contribution in [1.82, 2.24) is 5.32 Å². The molecule has 0 aliphatic carbocycles. The van der Waals surface area contributed by atoms with Gasteiger partial charge in [-0.3, -0.25) is 0 Å². The summed E-state index contributed by atoms with van der Waals surface area (Å²) in [6.45, 7) is 7.06. The second-order valence-electron chi connectivity index (χ2n) is 6.89. The van der Waals surface area contributed by atoms with Crippen molar-refractivity contribution >= 4 is 28.7 Å². The molecule has 0 bridgehead atoms. The van der Waals surface area contributed by atoms with Gasteiger partial charge in [-0.05, 0) is 75.2 Å². The van der Waals surface area contributed by atoms with E-state index in [1.165, 1.54) is 43.6 Å². The van der Waals surface area contributed by atoms with Crippen LogP contribution in [0.25, 0.3) is 0 Å². The fourth-order valence-corrected chi connectivity index (χ4v) is 3.70. The number of hydrogen-bond acceptors (Lipinski definition) is 3. The highest BCUT2D eigenvalue weighted by molar-refractivity contribution is 7.80. The van der Waals surface area contributed by atoms with Crippen molar-refractivity contribution in [3.8, 4) is 5.75 Å². The summed E-state index contributed by atoms with van der Waals surface area (Å²) in [4.78, 5) is 2.47. The van der Waals surface area contributed by atoms with E-state index in [2.05, 4.69) is 46.7 Å². The molecule has 1 saturated heterocycles. The number of rotatable bonds is 6. The monoisotopic (exact) mass is 383 g/mol. The van der Waals surface area contributed by atoms with Gasteiger partial charge in [0.05, 0.1) is 18.3 Å². The van der Waals surface area contributed by atoms with Gasteiger partial charge in [-0.15, -0.1) is 0 Å². The van der Waals surface area contributed by atoms with Crippen LogP contribution in [-0.4, -0.2) is 24.8 Å². The Bertz CT molecular complexity index is 741. The number of piperidine rings is 1. The third-order valence-electron chi connectivity index (χ3n) is 4.90. The van der Waals surface area contributed by atoms with Crippen molar-refractivity contribution in [1.29, 1.82) is 0 Å². The molecule has 0 unspecified atom stereocenters. The van der Waals surface area contributed by atoms with Crippen LogP contribution in [0.4, 0.5) is 11.4 Å². The Balaban J connectivity index is 1.58. The number of thiocarbonyl (C=S) groups is 1. The van der Waals surface area contributed by atoms with E-state index in [-0.39, 0.29) is 6.04 Å². The van der Waals surface area contributed by atoms with Crippen LogP contribution in [0.2, 0.25) is 0 Å². The van der Waals surface area contributed by atoms with Crippen LogP contribution in [-0.2, 0) is 0 Å². The number of ether oxygens (including phenoxy) is 1. The molecular weight excluding hydrogens is 354 g/mol. The molecule has 144 valence electrons. The first-order chi connectivity index (χ1) is 13.2. The van der Waals surface area contributed by atoms with E-state index in [1.54, 1.807) is 0 Å². The molecule has 2 aromatic carbocycles. The normalized spacial score (nSPS) is 15.1. The summed E-state index contributed by atoms with van der Waals surface area (Å²) < 4.78 is 5.64. The molecule has 0 spiro atoms. The second-order valence-corrected chi connectivity index (χ2v) is 7.30. The molecule has 27 heavy (non-hydrogen) atoms. The van der Waals surface area contributed by atoms with E-state index in [4.69, 9.17) is 17.0 Å². The van der Waals surface area contributed by atoms with Crippen molar-refractivity contribution in [3.05, 3.63) is 54.1 Å². The van der Waals surface area contributed by atoms with Gasteiger partial charge >= 0.3 is 0 Å². The predicted molar refractivity (Wildman–Crippen MR) is 118 cm³/mol. The summed E-state index contributed by atoms with van der Waals surface area (Å²) in [6.07, 6.45) is 3.94. The lowest BCUT2D eigenvalue weighted by Gasteiger charge is -2.29. The first kappa shape index (κ1) is 19.5. The van der Waals surface area contributed by atoms with Gasteiger partial charge in [0, 0.05) is 18.8 Å². The summed E-state index contributed by atoms with van der Waals surface area (Å²) in [7, 11) is 0. The fraction of sp³-hybridized carbons (Fsp3) is 0.409. The number of anilines is 2. The van der Waals surface area contributed by atoms with E-state index in [0.717, 1.165) is 11.4 Å². The van der Waals surface area contributed by atoms with Crippen LogP contribution in [0.3, 0.4) is 0 Å². The zero-order chi connectivity index (χ0) is 19.1. The Morgan fingerprint density at radius 1 is 1.07 bits per heavy atom. The standard InChI is InChI=1S/C22H29N3OS/c1-3-26-21-10-6-5-9-20(21)24-22(27)23-17(2)18-11-13-19(14-12-18)25-15-7-4-8-16-25/h5-6,9-14,17H,3-4,7-8,15-16H2,1-2H3,(H2,23,24,27)/t17-/m1/s1. The van der Waals surface area contributed by atoms with E-state index >= 15 is 0 Å². The van der Waals surface area contributed by atoms with Crippen LogP contribution in [0.5, 0.6) is 5.75 Å². The average molecular weight is 384 g/mol. The predicted octanol–water partition coefficient (Wildman–Crippen LogP) is 5.12. The topological polar surface area (TPSA) is 36.5 Å². The Hall–Kier alpha value is -2.27. The van der Waals surface area contributed by atoms with Crippen LogP contribution in [0.1, 0.15) is 44.7 Å². The van der Waals surface area contributed by atoms with Crippen LogP contribution in [0, 0.1) is 0 Å². The average Bonchev–Trinajstić information content (AvgIpc) is 2.70. The summed E-state index contributed by atoms with van der Waals surface area (Å²) in [5.41, 5.74) is 3.42. The van der Waals surface area contributed by atoms with Gasteiger partial charge in [-0.1, -0.05) is 24.3 Å². The fourth-order valence-electron chi connectivity index (χ4n) is 3.42. The highest BCUT2D eigenvalue weighted by Crippen LogP contribution is 2.25. The van der Waals surface area contributed by atoms with Gasteiger partial charge in [-0.2, -0.15) is 0 Å². The third-order valence-corrected chi connectivity index (χ3v) is 5.12. The number of nitrogens with one attached hydrogen (secondary N) is 2. The molecule has 5 heteroatoms. The van der Waals surface area contributed by atoms with E-state index in [1.807, 2.05) is 31.2 Å². The summed E-state index contributed by atoms with van der Waals surface area (Å²) in [6, 6.07) is 16.8. The van der Waals surface area contributed by atoms with Gasteiger partial charge in [-0.25, -0.2) is 0 Å². The maximum atomic E-state index is 5.64. The van der Waals surface area contributed by atoms with Crippen LogP contribution >= 0.6 is 12.2 Å². The van der Waals surface area contributed by atoms with Crippen molar-refractivity contribution in [2.45, 2.75) is 39.2 Å². The first-order valence-electron chi connectivity index (χ1n) is 9.81. The zero-order valence-electron chi connectivity index (χ0n) is 16.2. The molecule has 0 amide bonds. The Labute approximate surface area is 167 Å². The zero-order valence-corrected chi connectivity index (χ0v) is 17.0. The molecule has 3 rings (SSSR count). The lowest BCUT2D eigenvalue weighted by atomic mass is 10.1. The van der Waals surface area contributed by atoms with Gasteiger partial charge in [0.1, 0.15) is 5.75 Å². The van der Waals surface area contributed by atoms with Crippen LogP contribution in [0.15, 0.2) is 48.5 Å². The summed E-state index contributed by atoms with van der Waals surface area (Å²) in [5, 5.41) is 7.20. The Morgan fingerprint density at radius 2 is 1.78 bits per heavy atom. The van der Waals surface area contributed by atoms with E-state index in [0.29, 0.717) is 11.7 Å². The lowest BCUT2D eigenvalue weighted by Crippen LogP contribution is -2.31. The molecule has 1 aliphatic rings. The highest BCUT2D eigenvalue weighted by Gasteiger charge is 2.13. The van der Waals surface area contributed by atoms with Gasteiger partial charge in [0.25, 0.3) is 0 Å². The quantitative estimate of drug-likeness (QED) is 0.677. The molecule has 1 fully saturated rings. The minimum atomic E-state index is 0.125. The van der Waals surface area contributed by atoms with Crippen molar-refractivity contribution in [3.63, 3.8) is 0 Å². The minimum absolute atomic E-state index is 0.125. The molecular formula is C22H29N3OS. The highest BCUT2D eigenvalue weighted by atomic mass is 32.1. The molecule has 0 saturated carbocycles. The molecule has 2 aromatic rings. The first-order valence-corrected chi connectivity index (χ1v) is 10.2. The second kappa shape index (κ2) is 9.60. The number of nitrogens with zero attached hydrogens (tertiary/aromatic N) is 1. The third kappa shape index (κ3) is 5.36. The van der Waals surface area contributed by atoms with E-state index < -0.39 is 0 Å². The summed E-state index contributed by atoms with van der Waals surface area (Å²) in [5.74, 6) is 0.808. The van der Waals surface area contributed by atoms with Gasteiger partial charge in [0.2, 0.25) is 0 Å². The Kier molecular flexibility index (Phi) is 6.93. The van der Waals surface area contributed by atoms with Crippen molar-refractivity contribution in [2.24, 2.45) is 0 Å². The molecule has 1 atom stereocenters. The maximum Gasteiger partial charge on any atom is 0.171 e. The van der Waals surface area contributed by atoms with Gasteiger partial charge < -0.3 is 20.3 Å². The number of hydrogen-bond donors (Lipinski definition) is 2. The maximum absolute atomic E-state index is 5.64. The van der Waals surface area contributed by atoms with Crippen molar-refractivity contribution < 1.29 is 4.74 Å². The number of benzene rings is 2. The molecule has 1 heterocycles. The molecule has 0 radical (unpaired) electrons. The largest absolute Gasteiger partial charge is 0.492 e. The van der Waals surface area contributed by atoms with Crippen LogP contribution < -0.4 is 20.3 Å². The van der Waals surface area contributed by atoms with Crippen molar-refractivity contribution in [2.75, 3.05) is 29.9 Å². The molecule has 4 nitrogen and oxygen atoms in total. The molecule has 1 aliphatic heterocycles. The van der Waals surface area contributed by atoms with Gasteiger partial charge in [0.15, 0.2) is 5.11 Å². The summed E-state index contributed by atoms with van der Waals surface area (Å²) >= 11 is 5.50.